The van der Waals surface area contributed by atoms with Gasteiger partial charge in [-0.1, -0.05) is 12.8 Å². The van der Waals surface area contributed by atoms with Crippen LogP contribution in [-0.4, -0.2) is 11.7 Å². The average molecular weight is 257 g/mol. The molecule has 0 aromatic heterocycles. The molecule has 100 valence electrons. The normalized spacial score (nSPS) is 21.3. The standard InChI is InChI=1S/C16H19NO2/c1-16(2)12-9-11(7-8-13(12)17-15(16)19)14(18)10-5-3-4-6-10/h7-10H,3-6H2,1-2H3,(H,17,19). The van der Waals surface area contributed by atoms with Crippen molar-refractivity contribution in [2.75, 3.05) is 5.32 Å². The SMILES string of the molecule is CC1(C)C(=O)Nc2ccc(C(=O)C3CCCC3)cc21. The number of carbonyl (C=O) groups is 2. The van der Waals surface area contributed by atoms with Crippen LogP contribution in [0.1, 0.15) is 55.5 Å². The predicted molar refractivity (Wildman–Crippen MR) is 74.4 cm³/mol. The number of Topliss-reactive ketones (excluding diaryl/α,β-unsaturated/α-hetero) is 1. The van der Waals surface area contributed by atoms with Gasteiger partial charge in [-0.3, -0.25) is 9.59 Å². The lowest BCUT2D eigenvalue weighted by Gasteiger charge is -2.16. The van der Waals surface area contributed by atoms with Crippen LogP contribution in [0.4, 0.5) is 5.69 Å². The van der Waals surface area contributed by atoms with E-state index in [0.29, 0.717) is 0 Å². The van der Waals surface area contributed by atoms with Crippen molar-refractivity contribution in [2.45, 2.75) is 44.9 Å². The topological polar surface area (TPSA) is 46.2 Å². The number of nitrogens with one attached hydrogen (secondary N) is 1. The number of fused-ring (bicyclic) bond motifs is 1. The van der Waals surface area contributed by atoms with Crippen LogP contribution in [0, 0.1) is 5.92 Å². The number of hydrogen-bond acceptors (Lipinski definition) is 2. The highest BCUT2D eigenvalue weighted by atomic mass is 16.2. The molecule has 0 spiro atoms. The monoisotopic (exact) mass is 257 g/mol. The minimum atomic E-state index is -0.540. The third kappa shape index (κ3) is 1.88. The summed E-state index contributed by atoms with van der Waals surface area (Å²) >= 11 is 0. The molecule has 19 heavy (non-hydrogen) atoms. The highest BCUT2D eigenvalue weighted by Gasteiger charge is 2.39. The molecule has 1 aromatic carbocycles. The molecule has 1 aromatic rings. The molecule has 0 bridgehead atoms. The molecular weight excluding hydrogens is 238 g/mol. The maximum Gasteiger partial charge on any atom is 0.234 e. The van der Waals surface area contributed by atoms with Gasteiger partial charge in [0, 0.05) is 17.2 Å². The molecule has 1 fully saturated rings. The highest BCUT2D eigenvalue weighted by Crippen LogP contribution is 2.38. The zero-order valence-corrected chi connectivity index (χ0v) is 11.5. The summed E-state index contributed by atoms with van der Waals surface area (Å²) in [6.45, 7) is 3.80. The number of anilines is 1. The molecule has 1 aliphatic carbocycles. The first-order chi connectivity index (χ1) is 9.00. The van der Waals surface area contributed by atoms with Gasteiger partial charge in [0.25, 0.3) is 0 Å². The van der Waals surface area contributed by atoms with E-state index >= 15 is 0 Å². The summed E-state index contributed by atoms with van der Waals surface area (Å²) in [5.41, 5.74) is 2.01. The molecule has 0 unspecified atom stereocenters. The lowest BCUT2D eigenvalue weighted by Crippen LogP contribution is -2.27. The molecule has 2 aliphatic rings. The summed E-state index contributed by atoms with van der Waals surface area (Å²) in [5.74, 6) is 0.439. The van der Waals surface area contributed by atoms with Crippen LogP contribution >= 0.6 is 0 Å². The second-order valence-electron chi connectivity index (χ2n) is 6.19. The van der Waals surface area contributed by atoms with Gasteiger partial charge in [0.05, 0.1) is 5.41 Å². The van der Waals surface area contributed by atoms with E-state index < -0.39 is 5.41 Å². The van der Waals surface area contributed by atoms with Gasteiger partial charge in [-0.2, -0.15) is 0 Å². The Morgan fingerprint density at radius 1 is 1.26 bits per heavy atom. The number of ketones is 1. The van der Waals surface area contributed by atoms with E-state index in [2.05, 4.69) is 5.32 Å². The molecule has 0 atom stereocenters. The largest absolute Gasteiger partial charge is 0.325 e. The number of hydrogen-bond donors (Lipinski definition) is 1. The van der Waals surface area contributed by atoms with E-state index in [9.17, 15) is 9.59 Å². The van der Waals surface area contributed by atoms with Crippen molar-refractivity contribution in [1.82, 2.24) is 0 Å². The van der Waals surface area contributed by atoms with E-state index in [0.717, 1.165) is 42.5 Å². The van der Waals surface area contributed by atoms with Crippen LogP contribution < -0.4 is 5.32 Å². The van der Waals surface area contributed by atoms with Crippen LogP contribution in [0.5, 0.6) is 0 Å². The molecule has 1 saturated carbocycles. The zero-order valence-electron chi connectivity index (χ0n) is 11.5. The van der Waals surface area contributed by atoms with Crippen molar-refractivity contribution in [3.05, 3.63) is 29.3 Å². The fraction of sp³-hybridized carbons (Fsp3) is 0.500. The lowest BCUT2D eigenvalue weighted by atomic mass is 9.84. The number of amides is 1. The van der Waals surface area contributed by atoms with Crippen molar-refractivity contribution in [1.29, 1.82) is 0 Å². The third-order valence-electron chi connectivity index (χ3n) is 4.52. The number of benzene rings is 1. The maximum absolute atomic E-state index is 12.4. The summed E-state index contributed by atoms with van der Waals surface area (Å²) in [4.78, 5) is 24.3. The molecule has 1 N–H and O–H groups in total. The Morgan fingerprint density at radius 3 is 2.63 bits per heavy atom. The average Bonchev–Trinajstić information content (AvgIpc) is 2.98. The molecule has 3 nitrogen and oxygen atoms in total. The molecule has 0 radical (unpaired) electrons. The Hall–Kier alpha value is -1.64. The Balaban J connectivity index is 1.96. The molecule has 1 amide bonds. The Kier molecular flexibility index (Phi) is 2.73. The van der Waals surface area contributed by atoms with Crippen LogP contribution in [0.25, 0.3) is 0 Å². The van der Waals surface area contributed by atoms with Crippen molar-refractivity contribution in [3.63, 3.8) is 0 Å². The van der Waals surface area contributed by atoms with E-state index in [-0.39, 0.29) is 17.6 Å². The summed E-state index contributed by atoms with van der Waals surface area (Å²) in [7, 11) is 0. The van der Waals surface area contributed by atoms with Crippen molar-refractivity contribution in [2.24, 2.45) is 5.92 Å². The number of rotatable bonds is 2. The van der Waals surface area contributed by atoms with Crippen molar-refractivity contribution in [3.8, 4) is 0 Å². The Labute approximate surface area is 113 Å². The van der Waals surface area contributed by atoms with Gasteiger partial charge < -0.3 is 5.32 Å². The van der Waals surface area contributed by atoms with E-state index in [1.54, 1.807) is 0 Å². The van der Waals surface area contributed by atoms with Crippen molar-refractivity contribution < 1.29 is 9.59 Å². The van der Waals surface area contributed by atoms with E-state index in [1.165, 1.54) is 0 Å². The second-order valence-corrected chi connectivity index (χ2v) is 6.19. The summed E-state index contributed by atoms with van der Waals surface area (Å²) in [5, 5.41) is 2.87. The first-order valence-corrected chi connectivity index (χ1v) is 7.00. The van der Waals surface area contributed by atoms with Crippen LogP contribution in [0.2, 0.25) is 0 Å². The van der Waals surface area contributed by atoms with Crippen molar-refractivity contribution >= 4 is 17.4 Å². The van der Waals surface area contributed by atoms with Gasteiger partial charge >= 0.3 is 0 Å². The summed E-state index contributed by atoms with van der Waals surface area (Å²) in [6.07, 6.45) is 4.34. The first-order valence-electron chi connectivity index (χ1n) is 7.00. The van der Waals surface area contributed by atoms with E-state index in [4.69, 9.17) is 0 Å². The first kappa shape index (κ1) is 12.4. The molecular formula is C16H19NO2. The fourth-order valence-electron chi connectivity index (χ4n) is 3.15. The Bertz CT molecular complexity index is 554. The molecule has 3 rings (SSSR count). The Morgan fingerprint density at radius 2 is 1.95 bits per heavy atom. The van der Waals surface area contributed by atoms with Gasteiger partial charge in [-0.05, 0) is 50.5 Å². The fourth-order valence-corrected chi connectivity index (χ4v) is 3.15. The molecule has 3 heteroatoms. The minimum absolute atomic E-state index is 0.00738. The van der Waals surface area contributed by atoms with Gasteiger partial charge in [0.2, 0.25) is 5.91 Å². The smallest absolute Gasteiger partial charge is 0.234 e. The van der Waals surface area contributed by atoms with Crippen LogP contribution in [0.15, 0.2) is 18.2 Å². The second kappa shape index (κ2) is 4.19. The minimum Gasteiger partial charge on any atom is -0.325 e. The summed E-state index contributed by atoms with van der Waals surface area (Å²) in [6, 6.07) is 5.62. The lowest BCUT2D eigenvalue weighted by molar-refractivity contribution is -0.119. The van der Waals surface area contributed by atoms with Crippen LogP contribution in [-0.2, 0) is 10.2 Å². The molecule has 0 saturated heterocycles. The molecule has 1 aliphatic heterocycles. The van der Waals surface area contributed by atoms with Gasteiger partial charge in [-0.15, -0.1) is 0 Å². The predicted octanol–water partition coefficient (Wildman–Crippen LogP) is 3.29. The van der Waals surface area contributed by atoms with Crippen LogP contribution in [0.3, 0.4) is 0 Å². The van der Waals surface area contributed by atoms with Gasteiger partial charge in [0.1, 0.15) is 0 Å². The highest BCUT2D eigenvalue weighted by molar-refractivity contribution is 6.07. The van der Waals surface area contributed by atoms with Gasteiger partial charge in [-0.25, -0.2) is 0 Å². The summed E-state index contributed by atoms with van der Waals surface area (Å²) < 4.78 is 0. The third-order valence-corrected chi connectivity index (χ3v) is 4.52. The van der Waals surface area contributed by atoms with E-state index in [1.807, 2.05) is 32.0 Å². The molecule has 1 heterocycles. The van der Waals surface area contributed by atoms with Gasteiger partial charge in [0.15, 0.2) is 5.78 Å². The number of carbonyl (C=O) groups excluding carboxylic acids is 2. The quantitative estimate of drug-likeness (QED) is 0.826. The maximum atomic E-state index is 12.4. The zero-order chi connectivity index (χ0) is 13.6.